The Morgan fingerprint density at radius 1 is 1.21 bits per heavy atom. The Labute approximate surface area is 169 Å². The first-order chi connectivity index (χ1) is 13.2. The van der Waals surface area contributed by atoms with Crippen LogP contribution in [0.1, 0.15) is 24.5 Å². The molecule has 1 heterocycles. The minimum Gasteiger partial charge on any atom is -0.326 e. The summed E-state index contributed by atoms with van der Waals surface area (Å²) in [5.74, 6) is -0.812. The van der Waals surface area contributed by atoms with Crippen molar-refractivity contribution in [3.8, 4) is 0 Å². The maximum absolute atomic E-state index is 12.6. The van der Waals surface area contributed by atoms with Gasteiger partial charge in [-0.1, -0.05) is 12.1 Å². The smallest absolute Gasteiger partial charge is 0.237 e. The normalized spacial score (nSPS) is 16.2. The van der Waals surface area contributed by atoms with Gasteiger partial charge in [0.1, 0.15) is 0 Å². The molecule has 1 atom stereocenters. The first-order valence-corrected chi connectivity index (χ1v) is 11.4. The Hall–Kier alpha value is -2.32. The lowest BCUT2D eigenvalue weighted by atomic mass is 10.1. The van der Waals surface area contributed by atoms with Gasteiger partial charge >= 0.3 is 0 Å². The number of hydrogen-bond acceptors (Lipinski definition) is 5. The number of amides is 2. The topological polar surface area (TPSA) is 92.3 Å². The Balaban J connectivity index is 1.69. The highest BCUT2D eigenvalue weighted by Gasteiger charge is 2.25. The van der Waals surface area contributed by atoms with Crippen LogP contribution in [0.5, 0.6) is 0 Å². The van der Waals surface area contributed by atoms with Gasteiger partial charge in [-0.3, -0.25) is 9.59 Å². The molecule has 0 spiro atoms. The largest absolute Gasteiger partial charge is 0.326 e. The highest BCUT2D eigenvalue weighted by molar-refractivity contribution is 8.01. The summed E-state index contributed by atoms with van der Waals surface area (Å²) < 4.78 is 25.3. The van der Waals surface area contributed by atoms with Crippen molar-refractivity contribution in [3.05, 3.63) is 47.5 Å². The summed E-state index contributed by atoms with van der Waals surface area (Å²) in [4.78, 5) is 25.0. The van der Waals surface area contributed by atoms with E-state index in [9.17, 15) is 18.0 Å². The average molecular weight is 419 g/mol. The molecule has 0 radical (unpaired) electrons. The van der Waals surface area contributed by atoms with Crippen molar-refractivity contribution in [2.24, 2.45) is 0 Å². The Bertz CT molecular complexity index is 1050. The summed E-state index contributed by atoms with van der Waals surface area (Å²) in [6, 6.07) is 10.3. The van der Waals surface area contributed by atoms with Crippen LogP contribution in [-0.2, 0) is 19.4 Å². The quantitative estimate of drug-likeness (QED) is 0.775. The van der Waals surface area contributed by atoms with Crippen molar-refractivity contribution in [2.45, 2.75) is 42.2 Å². The first-order valence-electron chi connectivity index (χ1n) is 8.88. The Morgan fingerprint density at radius 2 is 1.96 bits per heavy atom. The molecule has 0 unspecified atom stereocenters. The molecule has 0 bridgehead atoms. The van der Waals surface area contributed by atoms with Gasteiger partial charge in [-0.05, 0) is 56.2 Å². The number of nitrogens with one attached hydrogen (secondary N) is 2. The van der Waals surface area contributed by atoms with Crippen LogP contribution in [0.15, 0.2) is 46.2 Å². The Morgan fingerprint density at radius 3 is 2.71 bits per heavy atom. The van der Waals surface area contributed by atoms with Gasteiger partial charge in [-0.25, -0.2) is 8.42 Å². The summed E-state index contributed by atoms with van der Waals surface area (Å²) in [5, 5.41) is 5.28. The number of carbonyl (C=O) groups is 2. The average Bonchev–Trinajstić information content (AvgIpc) is 2.64. The number of rotatable bonds is 5. The number of carbonyl (C=O) groups excluding carboxylic acids is 2. The van der Waals surface area contributed by atoms with E-state index in [1.807, 2.05) is 26.0 Å². The lowest BCUT2D eigenvalue weighted by Crippen LogP contribution is -2.26. The van der Waals surface area contributed by atoms with E-state index < -0.39 is 9.84 Å². The van der Waals surface area contributed by atoms with Crippen LogP contribution in [0.4, 0.5) is 11.4 Å². The van der Waals surface area contributed by atoms with Crippen molar-refractivity contribution in [1.29, 1.82) is 0 Å². The monoisotopic (exact) mass is 418 g/mol. The van der Waals surface area contributed by atoms with Crippen LogP contribution in [0.3, 0.4) is 0 Å². The highest BCUT2D eigenvalue weighted by atomic mass is 32.2. The first kappa shape index (κ1) is 20.4. The molecule has 2 aromatic rings. The predicted octanol–water partition coefficient (Wildman–Crippen LogP) is 3.54. The molecule has 0 aliphatic carbocycles. The van der Waals surface area contributed by atoms with Crippen LogP contribution in [-0.4, -0.2) is 31.2 Å². The van der Waals surface area contributed by atoms with Crippen LogP contribution >= 0.6 is 11.8 Å². The van der Waals surface area contributed by atoms with Gasteiger partial charge < -0.3 is 10.6 Å². The van der Waals surface area contributed by atoms with Gasteiger partial charge in [0, 0.05) is 17.0 Å². The van der Waals surface area contributed by atoms with E-state index in [1.165, 1.54) is 23.9 Å². The minimum atomic E-state index is -3.65. The van der Waals surface area contributed by atoms with Crippen molar-refractivity contribution < 1.29 is 18.0 Å². The number of thioether (sulfide) groups is 1. The predicted molar refractivity (Wildman–Crippen MR) is 112 cm³/mol. The molecular formula is C20H22N2O4S2. The molecule has 6 nitrogen and oxygen atoms in total. The third-order valence-corrected chi connectivity index (χ3v) is 7.61. The van der Waals surface area contributed by atoms with Gasteiger partial charge in [-0.2, -0.15) is 0 Å². The zero-order valence-corrected chi connectivity index (χ0v) is 17.5. The molecule has 3 rings (SSSR count). The number of hydrogen-bond donors (Lipinski definition) is 2. The summed E-state index contributed by atoms with van der Waals surface area (Å²) in [7, 11) is -3.65. The summed E-state index contributed by atoms with van der Waals surface area (Å²) in [6.07, 6.45) is -0.148. The molecule has 0 aromatic heterocycles. The molecule has 2 amide bonds. The van der Waals surface area contributed by atoms with Crippen molar-refractivity contribution >= 4 is 44.8 Å². The molecule has 0 saturated carbocycles. The second kappa shape index (κ2) is 7.97. The van der Waals surface area contributed by atoms with Crippen LogP contribution < -0.4 is 10.6 Å². The number of sulfone groups is 1. The van der Waals surface area contributed by atoms with Gasteiger partial charge in [-0.15, -0.1) is 11.8 Å². The van der Waals surface area contributed by atoms with Gasteiger partial charge in [0.25, 0.3) is 0 Å². The van der Waals surface area contributed by atoms with Crippen LogP contribution in [0.2, 0.25) is 0 Å². The van der Waals surface area contributed by atoms with Gasteiger partial charge in [0.15, 0.2) is 9.84 Å². The molecule has 28 heavy (non-hydrogen) atoms. The minimum absolute atomic E-state index is 0.0984. The number of fused-ring (bicyclic) bond motifs is 1. The van der Waals surface area contributed by atoms with E-state index in [1.54, 1.807) is 19.1 Å². The highest BCUT2D eigenvalue weighted by Crippen LogP contribution is 2.36. The number of aryl methyl sites for hydroxylation is 1. The second-order valence-corrected chi connectivity index (χ2v) is 10.3. The maximum Gasteiger partial charge on any atom is 0.237 e. The van der Waals surface area contributed by atoms with Crippen molar-refractivity contribution in [3.63, 3.8) is 0 Å². The lowest BCUT2D eigenvalue weighted by Gasteiger charge is -2.21. The number of anilines is 2. The van der Waals surface area contributed by atoms with Crippen LogP contribution in [0.25, 0.3) is 0 Å². The fourth-order valence-electron chi connectivity index (χ4n) is 2.83. The molecule has 0 fully saturated rings. The standard InChI is InChI=1S/C20H22N2O4S2/c1-12-5-4-6-16(13(12)2)21-19(23)9-10-28(25,26)15-7-8-18-17(11-15)22-20(24)14(3)27-18/h4-8,11,14H,9-10H2,1-3H3,(H,21,23)(H,22,24)/t14-/m0/s1. The zero-order valence-electron chi connectivity index (χ0n) is 15.9. The molecule has 2 aromatic carbocycles. The SMILES string of the molecule is Cc1cccc(NC(=O)CCS(=O)(=O)c2ccc3c(c2)NC(=O)[C@H](C)S3)c1C. The van der Waals surface area contributed by atoms with E-state index in [0.29, 0.717) is 11.4 Å². The maximum atomic E-state index is 12.6. The van der Waals surface area contributed by atoms with E-state index >= 15 is 0 Å². The molecular weight excluding hydrogens is 396 g/mol. The summed E-state index contributed by atoms with van der Waals surface area (Å²) >= 11 is 1.39. The molecule has 1 aliphatic heterocycles. The third kappa shape index (κ3) is 4.39. The molecule has 2 N–H and O–H groups in total. The third-order valence-electron chi connectivity index (χ3n) is 4.72. The molecule has 8 heteroatoms. The van der Waals surface area contributed by atoms with Crippen LogP contribution in [0, 0.1) is 13.8 Å². The van der Waals surface area contributed by atoms with Crippen molar-refractivity contribution in [2.75, 3.05) is 16.4 Å². The van der Waals surface area contributed by atoms with E-state index in [-0.39, 0.29) is 34.1 Å². The number of benzene rings is 2. The molecule has 148 valence electrons. The molecule has 1 aliphatic rings. The van der Waals surface area contributed by atoms with Gasteiger partial charge in [0.05, 0.1) is 21.6 Å². The van der Waals surface area contributed by atoms with E-state index in [2.05, 4.69) is 10.6 Å². The summed E-state index contributed by atoms with van der Waals surface area (Å²) in [6.45, 7) is 5.65. The fourth-order valence-corrected chi connectivity index (χ4v) is 5.02. The lowest BCUT2D eigenvalue weighted by molar-refractivity contribution is -0.116. The van der Waals surface area contributed by atoms with Crippen molar-refractivity contribution in [1.82, 2.24) is 0 Å². The fraction of sp³-hybridized carbons (Fsp3) is 0.300. The van der Waals surface area contributed by atoms with E-state index in [0.717, 1.165) is 16.0 Å². The second-order valence-electron chi connectivity index (χ2n) is 6.77. The van der Waals surface area contributed by atoms with E-state index in [4.69, 9.17) is 0 Å². The molecule has 0 saturated heterocycles. The Kier molecular flexibility index (Phi) is 5.81. The zero-order chi connectivity index (χ0) is 20.5. The summed E-state index contributed by atoms with van der Waals surface area (Å²) in [5.41, 5.74) is 3.18. The van der Waals surface area contributed by atoms with Gasteiger partial charge in [0.2, 0.25) is 11.8 Å².